The number of rotatable bonds is 18. The molecule has 10 heteroatoms. The van der Waals surface area contributed by atoms with Crippen molar-refractivity contribution in [2.24, 2.45) is 5.73 Å². The van der Waals surface area contributed by atoms with Crippen LogP contribution in [0.15, 0.2) is 42.5 Å². The Bertz CT molecular complexity index is 1080. The summed E-state index contributed by atoms with van der Waals surface area (Å²) in [4.78, 5) is 26.5. The van der Waals surface area contributed by atoms with Crippen LogP contribution in [0.5, 0.6) is 23.0 Å². The molecule has 0 unspecified atom stereocenters. The Morgan fingerprint density at radius 3 is 2.41 bits per heavy atom. The van der Waals surface area contributed by atoms with Crippen LogP contribution in [0.25, 0.3) is 6.08 Å². The van der Waals surface area contributed by atoms with Crippen molar-refractivity contribution in [3.63, 3.8) is 0 Å². The molecule has 2 aromatic carbocycles. The Morgan fingerprint density at radius 2 is 1.69 bits per heavy atom. The maximum absolute atomic E-state index is 12.7. The van der Waals surface area contributed by atoms with E-state index < -0.39 is 0 Å². The smallest absolute Gasteiger partial charge is 0.246 e. The van der Waals surface area contributed by atoms with E-state index in [0.29, 0.717) is 50.3 Å². The lowest BCUT2D eigenvalue weighted by atomic mass is 10.1. The Balaban J connectivity index is 1.59. The maximum atomic E-state index is 12.7. The molecular weight excluding hydrogens is 500 g/mol. The highest BCUT2D eigenvalue weighted by molar-refractivity contribution is 5.91. The second kappa shape index (κ2) is 17.7. The van der Waals surface area contributed by atoms with Crippen molar-refractivity contribution < 1.29 is 29.6 Å². The first-order valence-electron chi connectivity index (χ1n) is 13.4. The second-order valence-corrected chi connectivity index (χ2v) is 9.22. The van der Waals surface area contributed by atoms with Crippen molar-refractivity contribution in [3.8, 4) is 23.0 Å². The Labute approximate surface area is 230 Å². The summed E-state index contributed by atoms with van der Waals surface area (Å²) in [7, 11) is 1.48. The molecule has 7 N–H and O–H groups in total. The molecule has 0 aliphatic carbocycles. The van der Waals surface area contributed by atoms with Crippen molar-refractivity contribution in [2.45, 2.75) is 38.5 Å². The molecule has 2 rings (SSSR count). The van der Waals surface area contributed by atoms with Gasteiger partial charge in [-0.3, -0.25) is 9.59 Å². The van der Waals surface area contributed by atoms with E-state index in [1.54, 1.807) is 35.2 Å². The second-order valence-electron chi connectivity index (χ2n) is 9.22. The zero-order valence-electron chi connectivity index (χ0n) is 22.7. The fourth-order valence-electron chi connectivity index (χ4n) is 3.89. The first kappa shape index (κ1) is 31.5. The molecule has 2 amide bonds. The van der Waals surface area contributed by atoms with Crippen molar-refractivity contribution in [1.82, 2.24) is 15.5 Å². The Kier molecular flexibility index (Phi) is 14.3. The number of carbonyl (C=O) groups is 2. The van der Waals surface area contributed by atoms with Gasteiger partial charge in [-0.25, -0.2) is 0 Å². The highest BCUT2D eigenvalue weighted by Gasteiger charge is 2.10. The van der Waals surface area contributed by atoms with Gasteiger partial charge in [-0.2, -0.15) is 0 Å². The van der Waals surface area contributed by atoms with Crippen molar-refractivity contribution in [2.75, 3.05) is 46.4 Å². The summed E-state index contributed by atoms with van der Waals surface area (Å²) in [6.45, 7) is 3.91. The minimum Gasteiger partial charge on any atom is -0.504 e. The lowest BCUT2D eigenvalue weighted by Gasteiger charge is -2.21. The lowest BCUT2D eigenvalue weighted by Crippen LogP contribution is -2.33. The lowest BCUT2D eigenvalue weighted by molar-refractivity contribution is -0.126. The van der Waals surface area contributed by atoms with E-state index in [1.165, 1.54) is 25.3 Å². The van der Waals surface area contributed by atoms with E-state index >= 15 is 0 Å². The van der Waals surface area contributed by atoms with Gasteiger partial charge in [0, 0.05) is 32.1 Å². The van der Waals surface area contributed by atoms with Crippen LogP contribution in [0.4, 0.5) is 0 Å². The fourth-order valence-corrected chi connectivity index (χ4v) is 3.89. The van der Waals surface area contributed by atoms with Crippen LogP contribution in [0, 0.1) is 0 Å². The zero-order chi connectivity index (χ0) is 28.5. The predicted molar refractivity (Wildman–Crippen MR) is 152 cm³/mol. The average molecular weight is 543 g/mol. The summed E-state index contributed by atoms with van der Waals surface area (Å²) >= 11 is 0. The van der Waals surface area contributed by atoms with E-state index in [0.717, 1.165) is 44.3 Å². The molecule has 10 nitrogen and oxygen atoms in total. The Hall–Kier alpha value is -3.76. The fraction of sp³-hybridized carbons (Fsp3) is 0.448. The van der Waals surface area contributed by atoms with Crippen molar-refractivity contribution in [1.29, 1.82) is 0 Å². The van der Waals surface area contributed by atoms with Crippen LogP contribution in [0.2, 0.25) is 0 Å². The highest BCUT2D eigenvalue weighted by atomic mass is 16.5. The molecule has 0 aromatic heterocycles. The number of hydrogen-bond donors (Lipinski definition) is 6. The van der Waals surface area contributed by atoms with Crippen LogP contribution in [-0.4, -0.2) is 78.4 Å². The van der Waals surface area contributed by atoms with Crippen LogP contribution < -0.4 is 21.1 Å². The number of nitrogens with zero attached hydrogens (tertiary/aromatic N) is 1. The van der Waals surface area contributed by atoms with Gasteiger partial charge in [0.25, 0.3) is 0 Å². The van der Waals surface area contributed by atoms with Crippen LogP contribution in [0.1, 0.15) is 43.2 Å². The van der Waals surface area contributed by atoms with Crippen molar-refractivity contribution in [3.05, 3.63) is 53.6 Å². The summed E-state index contributed by atoms with van der Waals surface area (Å²) in [5.74, 6) is -0.0985. The largest absolute Gasteiger partial charge is 0.504 e. The molecule has 0 saturated carbocycles. The molecule has 214 valence electrons. The standard InChI is InChI=1S/C29H42N4O6/c1-39-27-11-7-23(21-26(27)36)9-13-29(38)33(19-4-14-30)18-3-2-15-31-16-5-17-32-28(37)12-8-22-6-10-24(34)25(35)20-22/h6-7,9-11,13,20-21,31,34-36H,2-5,8,12,14-19,30H2,1H3,(H,32,37)/b13-9+. The molecular formula is C29H42N4O6. The number of phenolic OH excluding ortho intramolecular Hbond substituents is 3. The number of ether oxygens (including phenoxy) is 1. The quantitative estimate of drug-likeness (QED) is 0.0953. The minimum atomic E-state index is -0.183. The van der Waals surface area contributed by atoms with Gasteiger partial charge in [0.15, 0.2) is 23.0 Å². The van der Waals surface area contributed by atoms with Crippen molar-refractivity contribution >= 4 is 17.9 Å². The maximum Gasteiger partial charge on any atom is 0.246 e. The van der Waals surface area contributed by atoms with Gasteiger partial charge in [-0.15, -0.1) is 0 Å². The van der Waals surface area contributed by atoms with Crippen LogP contribution in [-0.2, 0) is 16.0 Å². The van der Waals surface area contributed by atoms with Gasteiger partial charge < -0.3 is 41.3 Å². The van der Waals surface area contributed by atoms with Gasteiger partial charge in [0.2, 0.25) is 11.8 Å². The molecule has 0 saturated heterocycles. The number of unbranched alkanes of at least 4 members (excludes halogenated alkanes) is 1. The Morgan fingerprint density at radius 1 is 0.923 bits per heavy atom. The molecule has 0 bridgehead atoms. The molecule has 0 fully saturated rings. The molecule has 0 radical (unpaired) electrons. The molecule has 0 spiro atoms. The van der Waals surface area contributed by atoms with E-state index in [1.807, 2.05) is 0 Å². The van der Waals surface area contributed by atoms with Crippen LogP contribution in [0.3, 0.4) is 0 Å². The highest BCUT2D eigenvalue weighted by Crippen LogP contribution is 2.27. The van der Waals surface area contributed by atoms with E-state index in [2.05, 4.69) is 10.6 Å². The van der Waals surface area contributed by atoms with Crippen LogP contribution >= 0.6 is 0 Å². The summed E-state index contributed by atoms with van der Waals surface area (Å²) in [5, 5.41) is 35.0. The summed E-state index contributed by atoms with van der Waals surface area (Å²) in [6, 6.07) is 9.54. The molecule has 0 atom stereocenters. The summed E-state index contributed by atoms with van der Waals surface area (Å²) in [6.07, 6.45) is 7.29. The van der Waals surface area contributed by atoms with Gasteiger partial charge in [-0.05, 0) is 93.2 Å². The zero-order valence-corrected chi connectivity index (χ0v) is 22.7. The average Bonchev–Trinajstić information content (AvgIpc) is 2.93. The van der Waals surface area contributed by atoms with E-state index in [-0.39, 0.29) is 29.1 Å². The SMILES string of the molecule is COc1ccc(/C=C/C(=O)N(CCCN)CCCCNCCCNC(=O)CCc2ccc(O)c(O)c2)cc1O. The molecule has 2 aromatic rings. The number of aromatic hydroxyl groups is 3. The number of aryl methyl sites for hydroxylation is 1. The topological polar surface area (TPSA) is 157 Å². The minimum absolute atomic E-state index is 0.0227. The van der Waals surface area contributed by atoms with E-state index in [4.69, 9.17) is 10.5 Å². The number of carbonyl (C=O) groups excluding carboxylic acids is 2. The first-order chi connectivity index (χ1) is 18.8. The normalized spacial score (nSPS) is 11.0. The van der Waals surface area contributed by atoms with Gasteiger partial charge in [0.1, 0.15) is 0 Å². The van der Waals surface area contributed by atoms with Gasteiger partial charge >= 0.3 is 0 Å². The number of amides is 2. The third-order valence-corrected chi connectivity index (χ3v) is 6.13. The molecule has 0 aliphatic heterocycles. The molecule has 0 heterocycles. The molecule has 39 heavy (non-hydrogen) atoms. The number of nitrogens with one attached hydrogen (secondary N) is 2. The third-order valence-electron chi connectivity index (χ3n) is 6.13. The predicted octanol–water partition coefficient (Wildman–Crippen LogP) is 2.51. The number of nitrogens with two attached hydrogens (primary N) is 1. The number of benzene rings is 2. The third kappa shape index (κ3) is 12.1. The van der Waals surface area contributed by atoms with Gasteiger partial charge in [-0.1, -0.05) is 12.1 Å². The number of phenols is 3. The van der Waals surface area contributed by atoms with E-state index in [9.17, 15) is 24.9 Å². The van der Waals surface area contributed by atoms with Gasteiger partial charge in [0.05, 0.1) is 7.11 Å². The monoisotopic (exact) mass is 542 g/mol. The number of methoxy groups -OCH3 is 1. The first-order valence-corrected chi connectivity index (χ1v) is 13.4. The number of hydrogen-bond acceptors (Lipinski definition) is 8. The summed E-state index contributed by atoms with van der Waals surface area (Å²) < 4.78 is 5.04. The molecule has 0 aliphatic rings. The summed E-state index contributed by atoms with van der Waals surface area (Å²) in [5.41, 5.74) is 7.14.